The van der Waals surface area contributed by atoms with Gasteiger partial charge in [0, 0.05) is 31.6 Å². The highest BCUT2D eigenvalue weighted by Crippen LogP contribution is 2.57. The fourth-order valence-corrected chi connectivity index (χ4v) is 8.76. The average molecular weight is 900 g/mol. The Morgan fingerprint density at radius 2 is 1.33 bits per heavy atom. The summed E-state index contributed by atoms with van der Waals surface area (Å²) in [5.41, 5.74) is 5.98. The Labute approximate surface area is 304 Å². The smallest absolute Gasteiger partial charge is 0.325 e. The minimum Gasteiger partial charge on any atom is -0.459 e. The standard InChI is InChI=1S/C32H44I2N3O7PS/c1-31(2,3)43-28(39)17-36-29(40)26(20-46)37(27(38)16-15-25(35)30(41)44-32(4,5)6)45(42,18-21-7-11-23(33)12-8-21)19-22-9-13-24(34)14-10-22/h7-14,25-26,46H,15-20,35H2,1-6H3,(H,36,40). The van der Waals surface area contributed by atoms with Crippen LogP contribution < -0.4 is 11.1 Å². The molecule has 2 rings (SSSR count). The number of nitrogens with one attached hydrogen (secondary N) is 1. The van der Waals surface area contributed by atoms with Gasteiger partial charge in [-0.1, -0.05) is 24.3 Å². The van der Waals surface area contributed by atoms with Gasteiger partial charge in [0.05, 0.1) is 0 Å². The molecule has 0 spiro atoms. The zero-order valence-electron chi connectivity index (χ0n) is 27.0. The number of carbonyl (C=O) groups excluding carboxylic acids is 4. The van der Waals surface area contributed by atoms with Crippen LogP contribution in [-0.4, -0.2) is 64.0 Å². The van der Waals surface area contributed by atoms with E-state index in [1.807, 2.05) is 48.5 Å². The van der Waals surface area contributed by atoms with Gasteiger partial charge in [-0.2, -0.15) is 12.6 Å². The number of hydrogen-bond acceptors (Lipinski definition) is 9. The van der Waals surface area contributed by atoms with E-state index < -0.39 is 60.9 Å². The number of esters is 2. The predicted molar refractivity (Wildman–Crippen MR) is 200 cm³/mol. The molecule has 0 saturated heterocycles. The van der Waals surface area contributed by atoms with Crippen molar-refractivity contribution in [1.29, 1.82) is 0 Å². The average Bonchev–Trinajstić information content (AvgIpc) is 2.93. The van der Waals surface area contributed by atoms with Crippen LogP contribution in [0.15, 0.2) is 48.5 Å². The molecular weight excluding hydrogens is 855 g/mol. The Morgan fingerprint density at radius 3 is 1.74 bits per heavy atom. The molecule has 0 aromatic heterocycles. The van der Waals surface area contributed by atoms with Crippen molar-refractivity contribution in [2.45, 2.75) is 90.0 Å². The van der Waals surface area contributed by atoms with Crippen LogP contribution in [-0.2, 0) is 45.5 Å². The monoisotopic (exact) mass is 899 g/mol. The van der Waals surface area contributed by atoms with Crippen molar-refractivity contribution in [2.24, 2.45) is 5.73 Å². The van der Waals surface area contributed by atoms with Crippen LogP contribution in [0.3, 0.4) is 0 Å². The van der Waals surface area contributed by atoms with Crippen LogP contribution >= 0.6 is 65.1 Å². The third-order valence-electron chi connectivity index (χ3n) is 6.31. The maximum atomic E-state index is 15.3. The maximum Gasteiger partial charge on any atom is 0.325 e. The molecule has 2 amide bonds. The van der Waals surface area contributed by atoms with E-state index in [9.17, 15) is 19.2 Å². The summed E-state index contributed by atoms with van der Waals surface area (Å²) in [5.74, 6) is -2.87. The van der Waals surface area contributed by atoms with E-state index in [2.05, 4.69) is 63.1 Å². The third-order valence-corrected chi connectivity index (χ3v) is 11.1. The first-order chi connectivity index (χ1) is 21.2. The fraction of sp³-hybridized carbons (Fsp3) is 0.500. The molecule has 3 N–H and O–H groups in total. The molecule has 10 nitrogen and oxygen atoms in total. The highest BCUT2D eigenvalue weighted by Gasteiger charge is 2.42. The summed E-state index contributed by atoms with van der Waals surface area (Å²) in [6, 6.07) is 12.4. The topological polar surface area (TPSA) is 145 Å². The fourth-order valence-electron chi connectivity index (χ4n) is 4.40. The summed E-state index contributed by atoms with van der Waals surface area (Å²) in [6.45, 7) is 9.80. The zero-order chi connectivity index (χ0) is 34.9. The van der Waals surface area contributed by atoms with Crippen molar-refractivity contribution in [2.75, 3.05) is 12.3 Å². The highest BCUT2D eigenvalue weighted by atomic mass is 127. The van der Waals surface area contributed by atoms with Crippen molar-refractivity contribution >= 4 is 88.9 Å². The number of nitrogens with two attached hydrogens (primary N) is 1. The van der Waals surface area contributed by atoms with Crippen LogP contribution in [0.1, 0.15) is 65.5 Å². The molecule has 0 aliphatic carbocycles. The van der Waals surface area contributed by atoms with E-state index in [1.54, 1.807) is 41.5 Å². The van der Waals surface area contributed by atoms with Gasteiger partial charge in [-0.25, -0.2) is 0 Å². The predicted octanol–water partition coefficient (Wildman–Crippen LogP) is 5.91. The molecule has 0 saturated carbocycles. The summed E-state index contributed by atoms with van der Waals surface area (Å²) >= 11 is 8.75. The number of ether oxygens (including phenoxy) is 2. The molecule has 46 heavy (non-hydrogen) atoms. The van der Waals surface area contributed by atoms with Crippen molar-refractivity contribution in [1.82, 2.24) is 9.99 Å². The molecule has 2 unspecified atom stereocenters. The molecule has 14 heteroatoms. The second-order valence-electron chi connectivity index (χ2n) is 12.8. The van der Waals surface area contributed by atoms with E-state index in [4.69, 9.17) is 15.2 Å². The number of carbonyl (C=O) groups is 4. The van der Waals surface area contributed by atoms with Gasteiger partial charge in [0.2, 0.25) is 11.8 Å². The summed E-state index contributed by atoms with van der Waals surface area (Å²) in [7, 11) is -3.79. The lowest BCUT2D eigenvalue weighted by Gasteiger charge is -2.37. The quantitative estimate of drug-likeness (QED) is 0.0920. The number of thiol groups is 1. The van der Waals surface area contributed by atoms with E-state index >= 15 is 4.57 Å². The minimum atomic E-state index is -3.79. The summed E-state index contributed by atoms with van der Waals surface area (Å²) in [4.78, 5) is 52.8. The van der Waals surface area contributed by atoms with Crippen LogP contribution in [0, 0.1) is 7.14 Å². The van der Waals surface area contributed by atoms with Crippen molar-refractivity contribution in [3.8, 4) is 0 Å². The zero-order valence-corrected chi connectivity index (χ0v) is 33.2. The Kier molecular flexibility index (Phi) is 15.5. The summed E-state index contributed by atoms with van der Waals surface area (Å²) in [5, 5.41) is 2.54. The van der Waals surface area contributed by atoms with Gasteiger partial charge >= 0.3 is 11.9 Å². The molecule has 2 aromatic carbocycles. The van der Waals surface area contributed by atoms with Crippen LogP contribution in [0.5, 0.6) is 0 Å². The van der Waals surface area contributed by atoms with E-state index in [0.29, 0.717) is 11.1 Å². The van der Waals surface area contributed by atoms with Gasteiger partial charge in [-0.3, -0.25) is 28.4 Å². The Hall–Kier alpha value is -1.68. The second-order valence-corrected chi connectivity index (χ2v) is 18.4. The van der Waals surface area contributed by atoms with Crippen molar-refractivity contribution in [3.05, 3.63) is 66.8 Å². The summed E-state index contributed by atoms with van der Waals surface area (Å²) < 4.78 is 29.1. The molecule has 0 bridgehead atoms. The largest absolute Gasteiger partial charge is 0.459 e. The Balaban J connectivity index is 2.55. The molecule has 0 heterocycles. The van der Waals surface area contributed by atoms with E-state index in [-0.39, 0.29) is 30.9 Å². The lowest BCUT2D eigenvalue weighted by Crippen LogP contribution is -2.51. The van der Waals surface area contributed by atoms with E-state index in [1.165, 1.54) is 0 Å². The van der Waals surface area contributed by atoms with Gasteiger partial charge in [0.15, 0.2) is 7.29 Å². The molecule has 0 fully saturated rings. The minimum absolute atomic E-state index is 0.0244. The molecule has 254 valence electrons. The first-order valence-electron chi connectivity index (χ1n) is 14.7. The number of amides is 2. The number of hydrogen-bond donors (Lipinski definition) is 3. The van der Waals surface area contributed by atoms with E-state index in [0.717, 1.165) is 11.8 Å². The molecule has 0 aliphatic heterocycles. The molecule has 2 aromatic rings. The summed E-state index contributed by atoms with van der Waals surface area (Å²) in [6.07, 6.45) is -0.434. The van der Waals surface area contributed by atoms with Gasteiger partial charge < -0.3 is 20.5 Å². The SMILES string of the molecule is CC(C)(C)OC(=O)CNC(=O)C(CS)N(C(=O)CCC(N)C(=O)OC(C)(C)C)P(=O)(Cc1ccc(I)cc1)Cc1ccc(I)cc1. The van der Waals surface area contributed by atoms with Crippen molar-refractivity contribution in [3.63, 3.8) is 0 Å². The lowest BCUT2D eigenvalue weighted by atomic mass is 10.1. The molecule has 0 radical (unpaired) electrons. The number of halogens is 2. The first kappa shape index (κ1) is 40.5. The van der Waals surface area contributed by atoms with Gasteiger partial charge in [0.25, 0.3) is 0 Å². The number of rotatable bonds is 14. The second kappa shape index (κ2) is 17.6. The van der Waals surface area contributed by atoms with Gasteiger partial charge in [-0.05, 0) is 129 Å². The lowest BCUT2D eigenvalue weighted by molar-refractivity contribution is -0.157. The molecular formula is C32H44I2N3O7PS. The highest BCUT2D eigenvalue weighted by molar-refractivity contribution is 14.1. The molecule has 2 atom stereocenters. The van der Waals surface area contributed by atoms with Crippen LogP contribution in [0.4, 0.5) is 0 Å². The van der Waals surface area contributed by atoms with Gasteiger partial charge in [0.1, 0.15) is 29.8 Å². The first-order valence-corrected chi connectivity index (χ1v) is 19.5. The molecule has 0 aliphatic rings. The third kappa shape index (κ3) is 13.8. The maximum absolute atomic E-state index is 15.3. The van der Waals surface area contributed by atoms with Crippen LogP contribution in [0.25, 0.3) is 0 Å². The Morgan fingerprint density at radius 1 is 0.870 bits per heavy atom. The van der Waals surface area contributed by atoms with Crippen molar-refractivity contribution < 1.29 is 33.2 Å². The van der Waals surface area contributed by atoms with Crippen LogP contribution in [0.2, 0.25) is 0 Å². The Bertz CT molecular complexity index is 1360. The number of nitrogens with zero attached hydrogens (tertiary/aromatic N) is 1. The van der Waals surface area contributed by atoms with Gasteiger partial charge in [-0.15, -0.1) is 0 Å². The number of benzene rings is 2. The normalized spacial score (nSPS) is 13.3.